The van der Waals surface area contributed by atoms with E-state index in [9.17, 15) is 0 Å². The predicted octanol–water partition coefficient (Wildman–Crippen LogP) is 1.81. The summed E-state index contributed by atoms with van der Waals surface area (Å²) in [6.45, 7) is 12.9. The van der Waals surface area contributed by atoms with E-state index in [1.807, 2.05) is 0 Å². The maximum absolute atomic E-state index is 3.39. The summed E-state index contributed by atoms with van der Waals surface area (Å²) in [7, 11) is 0. The molecule has 2 nitrogen and oxygen atoms in total. The summed E-state index contributed by atoms with van der Waals surface area (Å²) in [5.74, 6) is 1.29. The monoisotopic (exact) mass is 216 g/mol. The minimum absolute atomic E-state index is 0.493. The van der Waals surface area contributed by atoms with Crippen LogP contribution >= 0.6 is 11.8 Å². The van der Waals surface area contributed by atoms with Crippen molar-refractivity contribution in [2.75, 3.05) is 38.5 Å². The van der Waals surface area contributed by atoms with Crippen LogP contribution in [0.4, 0.5) is 0 Å². The smallest absolute Gasteiger partial charge is 0.0116 e. The third kappa shape index (κ3) is 4.67. The zero-order valence-electron chi connectivity index (χ0n) is 9.81. The molecule has 3 heteroatoms. The summed E-state index contributed by atoms with van der Waals surface area (Å²) in [6, 6.07) is 0. The van der Waals surface area contributed by atoms with Crippen LogP contribution in [0.15, 0.2) is 0 Å². The molecule has 0 aromatic carbocycles. The minimum Gasteiger partial charge on any atom is -0.316 e. The van der Waals surface area contributed by atoms with Gasteiger partial charge in [-0.15, -0.1) is 0 Å². The maximum Gasteiger partial charge on any atom is 0.0116 e. The number of nitrogens with one attached hydrogen (secondary N) is 1. The molecule has 0 spiro atoms. The second-order valence-electron chi connectivity index (χ2n) is 4.55. The fourth-order valence-corrected chi connectivity index (χ4v) is 2.84. The first-order chi connectivity index (χ1) is 6.64. The Balaban J connectivity index is 2.21. The van der Waals surface area contributed by atoms with E-state index in [0.717, 1.165) is 13.1 Å². The molecular weight excluding hydrogens is 192 g/mol. The normalized spacial score (nSPS) is 23.4. The number of hydrogen-bond donors (Lipinski definition) is 1. The summed E-state index contributed by atoms with van der Waals surface area (Å²) in [5.41, 5.74) is 0. The zero-order valence-corrected chi connectivity index (χ0v) is 10.6. The molecule has 0 unspecified atom stereocenters. The van der Waals surface area contributed by atoms with Gasteiger partial charge in [0.25, 0.3) is 0 Å². The highest BCUT2D eigenvalue weighted by atomic mass is 32.2. The molecule has 0 aromatic rings. The molecule has 1 fully saturated rings. The van der Waals surface area contributed by atoms with Gasteiger partial charge in [-0.05, 0) is 19.5 Å². The SMILES string of the molecule is CCNCCN1CCSC(C)(C)CC1. The minimum atomic E-state index is 0.493. The first-order valence-corrected chi connectivity index (χ1v) is 6.69. The van der Waals surface area contributed by atoms with Crippen LogP contribution in [-0.4, -0.2) is 48.1 Å². The van der Waals surface area contributed by atoms with Crippen LogP contribution in [0.2, 0.25) is 0 Å². The molecule has 84 valence electrons. The van der Waals surface area contributed by atoms with Gasteiger partial charge in [-0.2, -0.15) is 11.8 Å². The Morgan fingerprint density at radius 1 is 1.36 bits per heavy atom. The van der Waals surface area contributed by atoms with Gasteiger partial charge in [-0.1, -0.05) is 20.8 Å². The first-order valence-electron chi connectivity index (χ1n) is 5.71. The van der Waals surface area contributed by atoms with Crippen molar-refractivity contribution in [2.24, 2.45) is 0 Å². The lowest BCUT2D eigenvalue weighted by Crippen LogP contribution is -2.34. The summed E-state index contributed by atoms with van der Waals surface area (Å²) in [4.78, 5) is 2.59. The first kappa shape index (κ1) is 12.3. The van der Waals surface area contributed by atoms with E-state index in [-0.39, 0.29) is 0 Å². The van der Waals surface area contributed by atoms with Gasteiger partial charge < -0.3 is 10.2 Å². The fraction of sp³-hybridized carbons (Fsp3) is 1.00. The zero-order chi connectivity index (χ0) is 10.4. The Kier molecular flexibility index (Phi) is 5.28. The molecule has 0 amide bonds. The van der Waals surface area contributed by atoms with Crippen molar-refractivity contribution in [3.63, 3.8) is 0 Å². The van der Waals surface area contributed by atoms with Gasteiger partial charge >= 0.3 is 0 Å². The largest absolute Gasteiger partial charge is 0.316 e. The number of nitrogens with zero attached hydrogens (tertiary/aromatic N) is 1. The Labute approximate surface area is 92.8 Å². The van der Waals surface area contributed by atoms with Crippen LogP contribution in [0.5, 0.6) is 0 Å². The quantitative estimate of drug-likeness (QED) is 0.722. The van der Waals surface area contributed by atoms with Crippen molar-refractivity contribution in [1.82, 2.24) is 10.2 Å². The van der Waals surface area contributed by atoms with Gasteiger partial charge in [0.15, 0.2) is 0 Å². The summed E-state index contributed by atoms with van der Waals surface area (Å²) in [6.07, 6.45) is 1.32. The van der Waals surface area contributed by atoms with E-state index in [1.165, 1.54) is 31.8 Å². The fourth-order valence-electron chi connectivity index (χ4n) is 1.70. The molecule has 1 saturated heterocycles. The Hall–Kier alpha value is 0.270. The van der Waals surface area contributed by atoms with E-state index in [2.05, 4.69) is 42.7 Å². The molecule has 0 saturated carbocycles. The molecule has 0 bridgehead atoms. The van der Waals surface area contributed by atoms with Crippen LogP contribution < -0.4 is 5.32 Å². The van der Waals surface area contributed by atoms with Crippen LogP contribution in [0.3, 0.4) is 0 Å². The molecule has 1 N–H and O–H groups in total. The molecule has 0 radical (unpaired) electrons. The molecule has 14 heavy (non-hydrogen) atoms. The van der Waals surface area contributed by atoms with E-state index in [1.54, 1.807) is 0 Å². The summed E-state index contributed by atoms with van der Waals surface area (Å²) < 4.78 is 0.493. The van der Waals surface area contributed by atoms with Crippen molar-refractivity contribution in [3.05, 3.63) is 0 Å². The van der Waals surface area contributed by atoms with E-state index in [4.69, 9.17) is 0 Å². The second-order valence-corrected chi connectivity index (χ2v) is 6.36. The Morgan fingerprint density at radius 2 is 2.14 bits per heavy atom. The maximum atomic E-state index is 3.39. The Morgan fingerprint density at radius 3 is 2.86 bits per heavy atom. The van der Waals surface area contributed by atoms with E-state index < -0.39 is 0 Å². The average molecular weight is 216 g/mol. The lowest BCUT2D eigenvalue weighted by Gasteiger charge is -2.22. The van der Waals surface area contributed by atoms with Crippen molar-refractivity contribution in [2.45, 2.75) is 31.9 Å². The topological polar surface area (TPSA) is 15.3 Å². The van der Waals surface area contributed by atoms with Crippen LogP contribution in [0, 0.1) is 0 Å². The van der Waals surface area contributed by atoms with Gasteiger partial charge in [-0.25, -0.2) is 0 Å². The number of rotatable bonds is 4. The van der Waals surface area contributed by atoms with Gasteiger partial charge in [0.05, 0.1) is 0 Å². The number of thioether (sulfide) groups is 1. The van der Waals surface area contributed by atoms with Gasteiger partial charge in [0.2, 0.25) is 0 Å². The van der Waals surface area contributed by atoms with Gasteiger partial charge in [0.1, 0.15) is 0 Å². The average Bonchev–Trinajstić information content (AvgIpc) is 2.28. The predicted molar refractivity (Wildman–Crippen MR) is 66.1 cm³/mol. The highest BCUT2D eigenvalue weighted by Crippen LogP contribution is 2.30. The van der Waals surface area contributed by atoms with Gasteiger partial charge in [0, 0.05) is 30.1 Å². The van der Waals surface area contributed by atoms with Gasteiger partial charge in [-0.3, -0.25) is 0 Å². The molecule has 0 aliphatic carbocycles. The lowest BCUT2D eigenvalue weighted by molar-refractivity contribution is 0.284. The molecule has 1 rings (SSSR count). The standard InChI is InChI=1S/C11H24N2S/c1-4-12-6-8-13-7-5-11(2,3)14-10-9-13/h12H,4-10H2,1-3H3. The summed E-state index contributed by atoms with van der Waals surface area (Å²) >= 11 is 2.12. The lowest BCUT2D eigenvalue weighted by atomic mass is 10.1. The highest BCUT2D eigenvalue weighted by Gasteiger charge is 2.22. The molecule has 1 heterocycles. The summed E-state index contributed by atoms with van der Waals surface area (Å²) in [5, 5.41) is 3.39. The third-order valence-corrected chi connectivity index (χ3v) is 4.16. The molecule has 1 aliphatic heterocycles. The van der Waals surface area contributed by atoms with Crippen molar-refractivity contribution >= 4 is 11.8 Å². The number of hydrogen-bond acceptors (Lipinski definition) is 3. The van der Waals surface area contributed by atoms with E-state index in [0.29, 0.717) is 4.75 Å². The van der Waals surface area contributed by atoms with Crippen LogP contribution in [0.1, 0.15) is 27.2 Å². The third-order valence-electron chi connectivity index (χ3n) is 2.79. The van der Waals surface area contributed by atoms with Crippen molar-refractivity contribution in [3.8, 4) is 0 Å². The second kappa shape index (κ2) is 5.99. The highest BCUT2D eigenvalue weighted by molar-refractivity contribution is 8.00. The van der Waals surface area contributed by atoms with Crippen LogP contribution in [-0.2, 0) is 0 Å². The molecular formula is C11H24N2S. The molecule has 1 aliphatic rings. The van der Waals surface area contributed by atoms with Crippen molar-refractivity contribution in [1.29, 1.82) is 0 Å². The molecule has 0 atom stereocenters. The van der Waals surface area contributed by atoms with E-state index >= 15 is 0 Å². The molecule has 0 aromatic heterocycles. The Bertz CT molecular complexity index is 159. The van der Waals surface area contributed by atoms with Crippen LogP contribution in [0.25, 0.3) is 0 Å². The van der Waals surface area contributed by atoms with Crippen molar-refractivity contribution < 1.29 is 0 Å². The number of likely N-dealkylation sites (N-methyl/N-ethyl adjacent to an activating group) is 1.